The maximum atomic E-state index is 12.0. The number of carboxylic acid groups (broad SMARTS) is 1. The zero-order valence-electron chi connectivity index (χ0n) is 9.52. The van der Waals surface area contributed by atoms with Crippen molar-refractivity contribution >= 4 is 13.3 Å². The summed E-state index contributed by atoms with van der Waals surface area (Å²) in [6, 6.07) is 2.68. The van der Waals surface area contributed by atoms with Crippen molar-refractivity contribution in [2.45, 2.75) is 18.2 Å². The average Bonchev–Trinajstić information content (AvgIpc) is 2.29. The molecule has 0 spiro atoms. The summed E-state index contributed by atoms with van der Waals surface area (Å²) in [5.41, 5.74) is 1.47. The van der Waals surface area contributed by atoms with E-state index in [9.17, 15) is 24.5 Å². The van der Waals surface area contributed by atoms with Crippen LogP contribution in [0.4, 0.5) is 0 Å². The van der Waals surface area contributed by atoms with Gasteiger partial charge in [0.15, 0.2) is 0 Å². The van der Waals surface area contributed by atoms with Gasteiger partial charge in [0, 0.05) is 18.0 Å². The number of aliphatic hydroxyl groups is 1. The number of carboxylic acids is 1. The topological polar surface area (TPSA) is 108 Å². The molecule has 0 saturated carbocycles. The molecule has 3 unspecified atom stereocenters. The Morgan fingerprint density at radius 3 is 2.61 bits per heavy atom. The molecule has 18 heavy (non-hydrogen) atoms. The first-order valence-electron chi connectivity index (χ1n) is 4.93. The molecular weight excluding hydrogens is 257 g/mol. The number of terminal acetylenes is 1. The third kappa shape index (κ3) is 1.93. The van der Waals surface area contributed by atoms with Crippen molar-refractivity contribution < 1.29 is 24.5 Å². The van der Waals surface area contributed by atoms with Crippen LogP contribution in [0.3, 0.4) is 0 Å². The molecule has 0 aliphatic carbocycles. The Bertz CT molecular complexity index is 536. The summed E-state index contributed by atoms with van der Waals surface area (Å²) in [7, 11) is -4.61. The minimum atomic E-state index is -4.61. The van der Waals surface area contributed by atoms with E-state index in [2.05, 4.69) is 4.98 Å². The molecule has 3 atom stereocenters. The molecule has 1 rings (SSSR count). The molecule has 6 nitrogen and oxygen atoms in total. The summed E-state index contributed by atoms with van der Waals surface area (Å²) in [5, 5.41) is 16.5. The number of aliphatic carboxylic acids is 1. The van der Waals surface area contributed by atoms with Crippen LogP contribution in [0.15, 0.2) is 24.5 Å². The Balaban J connectivity index is 3.69. The summed E-state index contributed by atoms with van der Waals surface area (Å²) < 4.78 is 12.0. The minimum Gasteiger partial charge on any atom is -0.480 e. The maximum absolute atomic E-state index is 12.0. The van der Waals surface area contributed by atoms with Crippen molar-refractivity contribution in [2.24, 2.45) is 0 Å². The standard InChI is InChI=1S/C11H12NO5P/c1-3-18(16,17)11(8(2)13,10(14)15)9-5-4-6-12-7-9/h1,4-8,13H,2H3,(H,14,15)(H,16,17). The summed E-state index contributed by atoms with van der Waals surface area (Å²) in [6.45, 7) is 1.10. The average molecular weight is 269 g/mol. The molecule has 7 heteroatoms. The van der Waals surface area contributed by atoms with Gasteiger partial charge in [0.25, 0.3) is 7.37 Å². The summed E-state index contributed by atoms with van der Waals surface area (Å²) >= 11 is 0. The molecule has 0 fully saturated rings. The highest BCUT2D eigenvalue weighted by molar-refractivity contribution is 7.65. The Labute approximate surface area is 104 Å². The summed E-state index contributed by atoms with van der Waals surface area (Å²) in [6.07, 6.45) is 5.76. The van der Waals surface area contributed by atoms with Gasteiger partial charge in [-0.3, -0.25) is 14.3 Å². The van der Waals surface area contributed by atoms with Crippen LogP contribution < -0.4 is 0 Å². The van der Waals surface area contributed by atoms with Crippen molar-refractivity contribution in [3.63, 3.8) is 0 Å². The highest BCUT2D eigenvalue weighted by atomic mass is 31.2. The lowest BCUT2D eigenvalue weighted by Crippen LogP contribution is -2.44. The summed E-state index contributed by atoms with van der Waals surface area (Å²) in [4.78, 5) is 24.9. The fraction of sp³-hybridized carbons (Fsp3) is 0.273. The van der Waals surface area contributed by atoms with Gasteiger partial charge in [-0.05, 0) is 18.7 Å². The quantitative estimate of drug-likeness (QED) is 0.545. The predicted octanol–water partition coefficient (Wildman–Crippen LogP) is 0.603. The maximum Gasteiger partial charge on any atom is 0.327 e. The van der Waals surface area contributed by atoms with E-state index in [1.54, 1.807) is 5.66 Å². The zero-order chi connectivity index (χ0) is 14.0. The highest BCUT2D eigenvalue weighted by Gasteiger charge is 2.59. The normalized spacial score (nSPS) is 19.0. The molecule has 3 N–H and O–H groups in total. The molecule has 96 valence electrons. The first kappa shape index (κ1) is 14.4. The lowest BCUT2D eigenvalue weighted by molar-refractivity contribution is -0.143. The van der Waals surface area contributed by atoms with Crippen molar-refractivity contribution in [1.82, 2.24) is 4.98 Å². The SMILES string of the molecule is C#CP(=O)(O)C(C(=O)O)(c1cccnc1)C(C)O. The molecule has 0 radical (unpaired) electrons. The fourth-order valence-electron chi connectivity index (χ4n) is 1.79. The van der Waals surface area contributed by atoms with E-state index in [4.69, 9.17) is 6.42 Å². The first-order chi connectivity index (χ1) is 8.30. The molecule has 0 aliphatic rings. The molecule has 0 aliphatic heterocycles. The van der Waals surface area contributed by atoms with E-state index < -0.39 is 24.6 Å². The molecule has 1 aromatic rings. The van der Waals surface area contributed by atoms with Gasteiger partial charge in [-0.15, -0.1) is 6.42 Å². The van der Waals surface area contributed by atoms with Gasteiger partial charge >= 0.3 is 5.97 Å². The van der Waals surface area contributed by atoms with Crippen LogP contribution in [0.5, 0.6) is 0 Å². The number of hydrogen-bond acceptors (Lipinski definition) is 4. The zero-order valence-corrected chi connectivity index (χ0v) is 10.4. The number of hydrogen-bond donors (Lipinski definition) is 3. The number of carbonyl (C=O) groups is 1. The van der Waals surface area contributed by atoms with Crippen LogP contribution >= 0.6 is 7.37 Å². The third-order valence-electron chi connectivity index (χ3n) is 2.69. The Hall–Kier alpha value is -1.67. The first-order valence-corrected chi connectivity index (χ1v) is 6.59. The van der Waals surface area contributed by atoms with Gasteiger partial charge in [-0.1, -0.05) is 6.07 Å². The Morgan fingerprint density at radius 2 is 2.28 bits per heavy atom. The molecule has 1 aromatic heterocycles. The van der Waals surface area contributed by atoms with Gasteiger partial charge in [-0.2, -0.15) is 0 Å². The highest BCUT2D eigenvalue weighted by Crippen LogP contribution is 2.61. The molecular formula is C11H12NO5P. The lowest BCUT2D eigenvalue weighted by Gasteiger charge is -2.33. The smallest absolute Gasteiger partial charge is 0.327 e. The Kier molecular flexibility index (Phi) is 3.92. The van der Waals surface area contributed by atoms with Crippen molar-refractivity contribution in [3.8, 4) is 12.1 Å². The monoisotopic (exact) mass is 269 g/mol. The number of nitrogens with zero attached hydrogens (tertiary/aromatic N) is 1. The molecule has 0 bridgehead atoms. The van der Waals surface area contributed by atoms with E-state index in [1.165, 1.54) is 18.3 Å². The van der Waals surface area contributed by atoms with E-state index in [0.29, 0.717) is 0 Å². The largest absolute Gasteiger partial charge is 0.480 e. The van der Waals surface area contributed by atoms with Crippen LogP contribution in [0, 0.1) is 12.1 Å². The van der Waals surface area contributed by atoms with E-state index >= 15 is 0 Å². The lowest BCUT2D eigenvalue weighted by atomic mass is 9.94. The molecule has 0 saturated heterocycles. The van der Waals surface area contributed by atoms with E-state index in [-0.39, 0.29) is 5.56 Å². The molecule has 1 heterocycles. The van der Waals surface area contributed by atoms with Crippen molar-refractivity contribution in [1.29, 1.82) is 0 Å². The van der Waals surface area contributed by atoms with Gasteiger partial charge in [0.1, 0.15) is 0 Å². The predicted molar refractivity (Wildman–Crippen MR) is 63.9 cm³/mol. The van der Waals surface area contributed by atoms with Gasteiger partial charge < -0.3 is 15.1 Å². The molecule has 0 amide bonds. The number of pyridine rings is 1. The van der Waals surface area contributed by atoms with Gasteiger partial charge in [0.2, 0.25) is 5.16 Å². The number of aliphatic hydroxyl groups excluding tert-OH is 1. The second-order valence-electron chi connectivity index (χ2n) is 3.69. The van der Waals surface area contributed by atoms with Crippen molar-refractivity contribution in [2.75, 3.05) is 0 Å². The van der Waals surface area contributed by atoms with Crippen LogP contribution in [-0.4, -0.2) is 32.2 Å². The van der Waals surface area contributed by atoms with Crippen LogP contribution in [0.2, 0.25) is 0 Å². The fourth-order valence-corrected chi connectivity index (χ4v) is 3.24. The summed E-state index contributed by atoms with van der Waals surface area (Å²) in [5.74, 6) is -1.67. The number of rotatable bonds is 4. The second kappa shape index (κ2) is 4.91. The number of aromatic nitrogens is 1. The van der Waals surface area contributed by atoms with Crippen LogP contribution in [0.1, 0.15) is 12.5 Å². The molecule has 0 aromatic carbocycles. The van der Waals surface area contributed by atoms with E-state index in [1.807, 2.05) is 0 Å². The van der Waals surface area contributed by atoms with E-state index in [0.717, 1.165) is 13.1 Å². The third-order valence-corrected chi connectivity index (χ3v) is 4.81. The second-order valence-corrected chi connectivity index (χ2v) is 5.81. The minimum absolute atomic E-state index is 0.115. The van der Waals surface area contributed by atoms with Crippen LogP contribution in [-0.2, 0) is 14.5 Å². The van der Waals surface area contributed by atoms with Crippen molar-refractivity contribution in [3.05, 3.63) is 30.1 Å². The van der Waals surface area contributed by atoms with Crippen LogP contribution in [0.25, 0.3) is 0 Å². The van der Waals surface area contributed by atoms with Gasteiger partial charge in [-0.25, -0.2) is 0 Å². The van der Waals surface area contributed by atoms with Gasteiger partial charge in [0.05, 0.1) is 6.10 Å². The Morgan fingerprint density at radius 1 is 1.67 bits per heavy atom.